The number of rotatable bonds is 7. The van der Waals surface area contributed by atoms with Crippen LogP contribution in [0.15, 0.2) is 4.99 Å². The lowest BCUT2D eigenvalue weighted by atomic mass is 10.1. The molecule has 0 spiro atoms. The minimum absolute atomic E-state index is 0.480. The molecule has 100 valence electrons. The van der Waals surface area contributed by atoms with Gasteiger partial charge in [-0.1, -0.05) is 13.8 Å². The number of likely N-dealkylation sites (N-methyl/N-ethyl adjacent to an activating group) is 1. The third-order valence-electron chi connectivity index (χ3n) is 3.37. The average molecular weight is 240 g/mol. The molecule has 17 heavy (non-hydrogen) atoms. The number of nitrogens with one attached hydrogen (secondary N) is 1. The summed E-state index contributed by atoms with van der Waals surface area (Å²) in [4.78, 5) is 6.80. The average Bonchev–Trinajstić information content (AvgIpc) is 3.08. The van der Waals surface area contributed by atoms with Crippen molar-refractivity contribution in [2.75, 3.05) is 20.1 Å². The molecule has 0 aromatic rings. The molecule has 0 heterocycles. The van der Waals surface area contributed by atoms with E-state index in [1.165, 1.54) is 12.8 Å². The first kappa shape index (κ1) is 14.3. The van der Waals surface area contributed by atoms with Crippen LogP contribution >= 0.6 is 0 Å². The molecule has 1 atom stereocenters. The van der Waals surface area contributed by atoms with E-state index in [-0.39, 0.29) is 0 Å². The summed E-state index contributed by atoms with van der Waals surface area (Å²) in [6.07, 6.45) is 3.81. The molecule has 0 aromatic heterocycles. The highest BCUT2D eigenvalue weighted by Gasteiger charge is 2.28. The van der Waals surface area contributed by atoms with Gasteiger partial charge in [-0.2, -0.15) is 0 Å². The van der Waals surface area contributed by atoms with Crippen LogP contribution in [0.3, 0.4) is 0 Å². The Labute approximate surface area is 106 Å². The number of nitrogens with two attached hydrogens (primary N) is 1. The quantitative estimate of drug-likeness (QED) is 0.523. The third kappa shape index (κ3) is 5.91. The fourth-order valence-corrected chi connectivity index (χ4v) is 1.75. The van der Waals surface area contributed by atoms with E-state index in [2.05, 4.69) is 43.0 Å². The lowest BCUT2D eigenvalue weighted by Gasteiger charge is -2.22. The first-order valence-corrected chi connectivity index (χ1v) is 6.76. The second-order valence-electron chi connectivity index (χ2n) is 5.58. The first-order valence-electron chi connectivity index (χ1n) is 6.76. The Morgan fingerprint density at radius 2 is 2.06 bits per heavy atom. The summed E-state index contributed by atoms with van der Waals surface area (Å²) in [5, 5.41) is 3.16. The van der Waals surface area contributed by atoms with Crippen molar-refractivity contribution in [3.63, 3.8) is 0 Å². The van der Waals surface area contributed by atoms with Crippen LogP contribution in [0.2, 0.25) is 0 Å². The zero-order valence-electron chi connectivity index (χ0n) is 11.7. The van der Waals surface area contributed by atoms with E-state index in [0.29, 0.717) is 17.9 Å². The molecule has 0 bridgehead atoms. The van der Waals surface area contributed by atoms with E-state index in [0.717, 1.165) is 25.6 Å². The molecule has 1 fully saturated rings. The van der Waals surface area contributed by atoms with Gasteiger partial charge in [0.15, 0.2) is 5.96 Å². The lowest BCUT2D eigenvalue weighted by molar-refractivity contribution is 0.253. The Morgan fingerprint density at radius 3 is 2.59 bits per heavy atom. The van der Waals surface area contributed by atoms with Crippen LogP contribution in [0.1, 0.15) is 40.0 Å². The van der Waals surface area contributed by atoms with Gasteiger partial charge in [-0.25, -0.2) is 0 Å². The van der Waals surface area contributed by atoms with Crippen molar-refractivity contribution in [2.45, 2.75) is 52.1 Å². The molecule has 3 N–H and O–H groups in total. The third-order valence-corrected chi connectivity index (χ3v) is 3.37. The molecule has 4 nitrogen and oxygen atoms in total. The van der Waals surface area contributed by atoms with E-state index in [1.54, 1.807) is 0 Å². The maximum atomic E-state index is 5.82. The molecule has 0 radical (unpaired) electrons. The van der Waals surface area contributed by atoms with Crippen molar-refractivity contribution in [1.29, 1.82) is 0 Å². The molecule has 1 rings (SSSR count). The number of aliphatic imine (C=N–C) groups is 1. The maximum absolute atomic E-state index is 5.82. The van der Waals surface area contributed by atoms with Gasteiger partial charge >= 0.3 is 0 Å². The van der Waals surface area contributed by atoms with Gasteiger partial charge in [-0.15, -0.1) is 0 Å². The number of guanidine groups is 1. The molecule has 1 aliphatic rings. The van der Waals surface area contributed by atoms with Crippen LogP contribution in [0, 0.1) is 5.92 Å². The zero-order chi connectivity index (χ0) is 12.8. The monoisotopic (exact) mass is 240 g/mol. The van der Waals surface area contributed by atoms with Crippen molar-refractivity contribution in [3.05, 3.63) is 0 Å². The van der Waals surface area contributed by atoms with Gasteiger partial charge in [-0.05, 0) is 39.2 Å². The SMILES string of the molecule is CC(C)CCNC(N)=NCC(C)N(C)C1CC1. The van der Waals surface area contributed by atoms with Crippen LogP contribution in [0.4, 0.5) is 0 Å². The zero-order valence-corrected chi connectivity index (χ0v) is 11.7. The highest BCUT2D eigenvalue weighted by atomic mass is 15.2. The summed E-state index contributed by atoms with van der Waals surface area (Å²) in [5.74, 6) is 1.29. The minimum atomic E-state index is 0.480. The molecule has 1 unspecified atom stereocenters. The molecule has 4 heteroatoms. The van der Waals surface area contributed by atoms with Crippen molar-refractivity contribution in [3.8, 4) is 0 Å². The van der Waals surface area contributed by atoms with Crippen LogP contribution in [-0.4, -0.2) is 43.1 Å². The summed E-state index contributed by atoms with van der Waals surface area (Å²) in [6, 6.07) is 1.27. The van der Waals surface area contributed by atoms with Crippen LogP contribution in [0.5, 0.6) is 0 Å². The normalized spacial score (nSPS) is 18.8. The van der Waals surface area contributed by atoms with Crippen molar-refractivity contribution >= 4 is 5.96 Å². The molecule has 0 amide bonds. The van der Waals surface area contributed by atoms with Crippen LogP contribution in [0.25, 0.3) is 0 Å². The summed E-state index contributed by atoms with van der Waals surface area (Å²) in [5.41, 5.74) is 5.82. The predicted molar refractivity (Wildman–Crippen MR) is 74.2 cm³/mol. The molecule has 0 saturated heterocycles. The van der Waals surface area contributed by atoms with E-state index in [4.69, 9.17) is 5.73 Å². The van der Waals surface area contributed by atoms with Crippen molar-refractivity contribution in [1.82, 2.24) is 10.2 Å². The van der Waals surface area contributed by atoms with Gasteiger partial charge in [0.2, 0.25) is 0 Å². The smallest absolute Gasteiger partial charge is 0.188 e. The maximum Gasteiger partial charge on any atom is 0.188 e. The minimum Gasteiger partial charge on any atom is -0.370 e. The van der Waals surface area contributed by atoms with Crippen molar-refractivity contribution < 1.29 is 0 Å². The van der Waals surface area contributed by atoms with Gasteiger partial charge in [0, 0.05) is 18.6 Å². The summed E-state index contributed by atoms with van der Waals surface area (Å²) in [7, 11) is 2.18. The first-order chi connectivity index (χ1) is 8.00. The number of hydrogen-bond donors (Lipinski definition) is 2. The second kappa shape index (κ2) is 6.84. The number of nitrogens with zero attached hydrogens (tertiary/aromatic N) is 2. The van der Waals surface area contributed by atoms with E-state index in [9.17, 15) is 0 Å². The van der Waals surface area contributed by atoms with E-state index >= 15 is 0 Å². The highest BCUT2D eigenvalue weighted by molar-refractivity contribution is 5.77. The van der Waals surface area contributed by atoms with Gasteiger partial charge in [0.25, 0.3) is 0 Å². The molecule has 1 saturated carbocycles. The van der Waals surface area contributed by atoms with Gasteiger partial charge < -0.3 is 11.1 Å². The second-order valence-corrected chi connectivity index (χ2v) is 5.58. The topological polar surface area (TPSA) is 53.6 Å². The van der Waals surface area contributed by atoms with Gasteiger partial charge in [0.1, 0.15) is 0 Å². The lowest BCUT2D eigenvalue weighted by Crippen LogP contribution is -2.37. The van der Waals surface area contributed by atoms with Gasteiger partial charge in [-0.3, -0.25) is 9.89 Å². The molecule has 1 aliphatic carbocycles. The molecular formula is C13H28N4. The van der Waals surface area contributed by atoms with E-state index in [1.807, 2.05) is 0 Å². The Morgan fingerprint density at radius 1 is 1.41 bits per heavy atom. The molecule has 0 aromatic carbocycles. The Kier molecular flexibility index (Phi) is 5.75. The standard InChI is InChI=1S/C13H28N4/c1-10(2)7-8-15-13(14)16-9-11(3)17(4)12-5-6-12/h10-12H,5-9H2,1-4H3,(H3,14,15,16). The summed E-state index contributed by atoms with van der Waals surface area (Å²) >= 11 is 0. The Balaban J connectivity index is 2.17. The van der Waals surface area contributed by atoms with Crippen LogP contribution < -0.4 is 11.1 Å². The Bertz CT molecular complexity index is 246. The summed E-state index contributed by atoms with van der Waals surface area (Å²) in [6.45, 7) is 8.33. The largest absolute Gasteiger partial charge is 0.370 e. The van der Waals surface area contributed by atoms with E-state index < -0.39 is 0 Å². The van der Waals surface area contributed by atoms with Crippen molar-refractivity contribution in [2.24, 2.45) is 16.6 Å². The highest BCUT2D eigenvalue weighted by Crippen LogP contribution is 2.26. The van der Waals surface area contributed by atoms with Crippen LogP contribution in [-0.2, 0) is 0 Å². The fourth-order valence-electron chi connectivity index (χ4n) is 1.75. The number of hydrogen-bond acceptors (Lipinski definition) is 2. The molecule has 0 aliphatic heterocycles. The Hall–Kier alpha value is -0.770. The van der Waals surface area contributed by atoms with Gasteiger partial charge in [0.05, 0.1) is 6.54 Å². The predicted octanol–water partition coefficient (Wildman–Crippen LogP) is 1.42. The summed E-state index contributed by atoms with van der Waals surface area (Å²) < 4.78 is 0. The fraction of sp³-hybridized carbons (Fsp3) is 0.923. The molecular weight excluding hydrogens is 212 g/mol.